The van der Waals surface area contributed by atoms with Crippen molar-refractivity contribution in [2.45, 2.75) is 52.5 Å². The molecule has 0 aliphatic rings. The maximum Gasteiger partial charge on any atom is 0.290 e. The molecule has 92 valence electrons. The summed E-state index contributed by atoms with van der Waals surface area (Å²) >= 11 is 0. The minimum atomic E-state index is -0.0281. The van der Waals surface area contributed by atoms with Gasteiger partial charge in [-0.05, 0) is 19.3 Å². The van der Waals surface area contributed by atoms with Crippen molar-refractivity contribution in [3.05, 3.63) is 16.0 Å². The lowest BCUT2D eigenvalue weighted by Crippen LogP contribution is -2.26. The van der Waals surface area contributed by atoms with Crippen LogP contribution >= 0.6 is 0 Å². The van der Waals surface area contributed by atoms with Gasteiger partial charge >= 0.3 is 0 Å². The highest BCUT2D eigenvalue weighted by molar-refractivity contribution is 5.41. The lowest BCUT2D eigenvalue weighted by Gasteiger charge is -2.17. The van der Waals surface area contributed by atoms with Crippen LogP contribution in [0.2, 0.25) is 0 Å². The molecule has 0 bridgehead atoms. The molecule has 1 aromatic rings. The second kappa shape index (κ2) is 5.23. The van der Waals surface area contributed by atoms with Crippen molar-refractivity contribution in [2.24, 2.45) is 7.05 Å². The van der Waals surface area contributed by atoms with Gasteiger partial charge in [0.1, 0.15) is 5.69 Å². The highest BCUT2D eigenvalue weighted by Crippen LogP contribution is 2.18. The minimum absolute atomic E-state index is 0.0281. The van der Waals surface area contributed by atoms with Crippen LogP contribution in [0.25, 0.3) is 0 Å². The van der Waals surface area contributed by atoms with E-state index in [2.05, 4.69) is 20.8 Å². The monoisotopic (exact) mass is 225 g/mol. The first-order valence-electron chi connectivity index (χ1n) is 6.14. The van der Waals surface area contributed by atoms with Crippen LogP contribution in [-0.4, -0.2) is 9.36 Å². The fraction of sp³-hybridized carbons (Fsp3) is 0.750. The van der Waals surface area contributed by atoms with Crippen molar-refractivity contribution in [2.75, 3.05) is 5.73 Å². The molecule has 0 aliphatic heterocycles. The average Bonchev–Trinajstić information content (AvgIpc) is 2.48. The zero-order chi connectivity index (χ0) is 12.3. The van der Waals surface area contributed by atoms with E-state index < -0.39 is 0 Å². The van der Waals surface area contributed by atoms with Crippen LogP contribution < -0.4 is 11.3 Å². The van der Waals surface area contributed by atoms with Gasteiger partial charge in [-0.3, -0.25) is 9.48 Å². The van der Waals surface area contributed by atoms with Gasteiger partial charge in [0.25, 0.3) is 5.56 Å². The van der Waals surface area contributed by atoms with E-state index in [-0.39, 0.29) is 11.6 Å². The Morgan fingerprint density at radius 2 is 1.81 bits per heavy atom. The Kier molecular flexibility index (Phi) is 4.21. The molecule has 0 amide bonds. The number of aromatic nitrogens is 2. The molecule has 1 rings (SSSR count). The van der Waals surface area contributed by atoms with Crippen molar-refractivity contribution in [1.29, 1.82) is 0 Å². The fourth-order valence-electron chi connectivity index (χ4n) is 2.27. The molecule has 0 fully saturated rings. The number of nitrogens with two attached hydrogens (primary N) is 1. The predicted molar refractivity (Wildman–Crippen MR) is 67.7 cm³/mol. The fourth-order valence-corrected chi connectivity index (χ4v) is 2.27. The van der Waals surface area contributed by atoms with Crippen LogP contribution in [0.5, 0.6) is 0 Å². The second-order valence-electron chi connectivity index (χ2n) is 4.25. The number of hydrogen-bond acceptors (Lipinski definition) is 2. The molecular formula is C12H23N3O. The molecule has 0 atom stereocenters. The van der Waals surface area contributed by atoms with Crippen LogP contribution in [0.3, 0.4) is 0 Å². The molecule has 4 nitrogen and oxygen atoms in total. The molecule has 4 heteroatoms. The molecule has 2 N–H and O–H groups in total. The molecule has 0 aliphatic carbocycles. The van der Waals surface area contributed by atoms with E-state index in [4.69, 9.17) is 5.73 Å². The summed E-state index contributed by atoms with van der Waals surface area (Å²) in [4.78, 5) is 12.1. The molecular weight excluding hydrogens is 202 g/mol. The summed E-state index contributed by atoms with van der Waals surface area (Å²) < 4.78 is 3.75. The van der Waals surface area contributed by atoms with Crippen molar-refractivity contribution in [1.82, 2.24) is 9.36 Å². The first-order valence-corrected chi connectivity index (χ1v) is 6.14. The molecule has 0 aromatic carbocycles. The van der Waals surface area contributed by atoms with Gasteiger partial charge in [-0.1, -0.05) is 27.2 Å². The van der Waals surface area contributed by atoms with E-state index in [0.717, 1.165) is 31.4 Å². The lowest BCUT2D eigenvalue weighted by molar-refractivity contribution is 0.361. The van der Waals surface area contributed by atoms with E-state index in [1.165, 1.54) is 0 Å². The predicted octanol–water partition coefficient (Wildman–Crippen LogP) is 2.08. The van der Waals surface area contributed by atoms with Crippen LogP contribution in [0.15, 0.2) is 4.79 Å². The summed E-state index contributed by atoms with van der Waals surface area (Å²) in [7, 11) is 1.93. The third-order valence-corrected chi connectivity index (χ3v) is 3.24. The third kappa shape index (κ3) is 2.01. The van der Waals surface area contributed by atoms with Gasteiger partial charge in [-0.25, -0.2) is 4.68 Å². The van der Waals surface area contributed by atoms with Crippen molar-refractivity contribution in [3.63, 3.8) is 0 Å². The average molecular weight is 225 g/mol. The first-order chi connectivity index (χ1) is 7.58. The maximum atomic E-state index is 12.1. The Morgan fingerprint density at radius 1 is 1.25 bits per heavy atom. The van der Waals surface area contributed by atoms with E-state index in [9.17, 15) is 4.79 Å². The van der Waals surface area contributed by atoms with Gasteiger partial charge < -0.3 is 5.73 Å². The number of hydrogen-bond donors (Lipinski definition) is 1. The van der Waals surface area contributed by atoms with E-state index in [1.807, 2.05) is 11.7 Å². The van der Waals surface area contributed by atoms with Gasteiger partial charge in [-0.2, -0.15) is 0 Å². The van der Waals surface area contributed by atoms with Crippen LogP contribution in [0.1, 0.15) is 51.8 Å². The molecule has 0 spiro atoms. The van der Waals surface area contributed by atoms with Crippen LogP contribution in [0.4, 0.5) is 5.69 Å². The van der Waals surface area contributed by atoms with Crippen LogP contribution in [0, 0.1) is 0 Å². The van der Waals surface area contributed by atoms with Crippen LogP contribution in [-0.2, 0) is 13.5 Å². The molecule has 0 unspecified atom stereocenters. The largest absolute Gasteiger partial charge is 0.393 e. The van der Waals surface area contributed by atoms with Gasteiger partial charge in [0.15, 0.2) is 0 Å². The second-order valence-corrected chi connectivity index (χ2v) is 4.25. The third-order valence-electron chi connectivity index (χ3n) is 3.24. The summed E-state index contributed by atoms with van der Waals surface area (Å²) in [6, 6.07) is 0.255. The Balaban J connectivity index is 3.30. The lowest BCUT2D eigenvalue weighted by atomic mass is 10.2. The normalized spacial score (nSPS) is 11.3. The van der Waals surface area contributed by atoms with E-state index in [1.54, 1.807) is 4.68 Å². The summed E-state index contributed by atoms with van der Waals surface area (Å²) in [6.07, 6.45) is 3.79. The Labute approximate surface area is 97.0 Å². The number of rotatable bonds is 5. The molecule has 1 aromatic heterocycles. The summed E-state index contributed by atoms with van der Waals surface area (Å²) in [5, 5.41) is 0. The first kappa shape index (κ1) is 12.9. The standard InChI is InChI=1S/C12H23N3O/c1-5-8-10-11(13)12(16)15(14(10)4)9(6-2)7-3/h9H,5-8,13H2,1-4H3. The highest BCUT2D eigenvalue weighted by atomic mass is 16.1. The van der Waals surface area contributed by atoms with Crippen molar-refractivity contribution < 1.29 is 0 Å². The molecule has 1 heterocycles. The summed E-state index contributed by atoms with van der Waals surface area (Å²) in [5.74, 6) is 0. The Bertz CT molecular complexity index is 399. The quantitative estimate of drug-likeness (QED) is 0.834. The number of nitrogens with zero attached hydrogens (tertiary/aromatic N) is 2. The molecule has 0 saturated carbocycles. The Morgan fingerprint density at radius 3 is 2.25 bits per heavy atom. The summed E-state index contributed by atoms with van der Waals surface area (Å²) in [5.41, 5.74) is 7.25. The zero-order valence-electron chi connectivity index (χ0n) is 10.8. The molecule has 0 radical (unpaired) electrons. The SMILES string of the molecule is CCCc1c(N)c(=O)n(C(CC)CC)n1C. The smallest absolute Gasteiger partial charge is 0.290 e. The number of nitrogen functional groups attached to an aromatic ring is 1. The topological polar surface area (TPSA) is 53.0 Å². The van der Waals surface area contributed by atoms with E-state index >= 15 is 0 Å². The summed E-state index contributed by atoms with van der Waals surface area (Å²) in [6.45, 7) is 6.30. The Hall–Kier alpha value is -1.19. The van der Waals surface area contributed by atoms with Crippen molar-refractivity contribution in [3.8, 4) is 0 Å². The van der Waals surface area contributed by atoms with Crippen molar-refractivity contribution >= 4 is 5.69 Å². The van der Waals surface area contributed by atoms with Gasteiger partial charge in [0, 0.05) is 7.05 Å². The van der Waals surface area contributed by atoms with Gasteiger partial charge in [0.2, 0.25) is 0 Å². The zero-order valence-corrected chi connectivity index (χ0v) is 10.8. The minimum Gasteiger partial charge on any atom is -0.393 e. The number of anilines is 1. The van der Waals surface area contributed by atoms with Gasteiger partial charge in [-0.15, -0.1) is 0 Å². The molecule has 0 saturated heterocycles. The molecule has 16 heavy (non-hydrogen) atoms. The maximum absolute atomic E-state index is 12.1. The highest BCUT2D eigenvalue weighted by Gasteiger charge is 2.18. The van der Waals surface area contributed by atoms with Gasteiger partial charge in [0.05, 0.1) is 11.7 Å². The van der Waals surface area contributed by atoms with E-state index in [0.29, 0.717) is 5.69 Å².